The molecule has 1 aromatic carbocycles. The van der Waals surface area contributed by atoms with Crippen LogP contribution in [0.5, 0.6) is 5.75 Å². The van der Waals surface area contributed by atoms with E-state index < -0.39 is 0 Å². The highest BCUT2D eigenvalue weighted by Gasteiger charge is 2.16. The second kappa shape index (κ2) is 8.54. The second-order valence-corrected chi connectivity index (χ2v) is 7.15. The quantitative estimate of drug-likeness (QED) is 0.832. The molecule has 0 bridgehead atoms. The summed E-state index contributed by atoms with van der Waals surface area (Å²) in [5.74, 6) is 2.51. The van der Waals surface area contributed by atoms with Crippen LogP contribution in [0, 0.1) is 11.8 Å². The van der Waals surface area contributed by atoms with Crippen LogP contribution in [0.2, 0.25) is 0 Å². The number of hydrogen-bond donors (Lipinski definition) is 1. The van der Waals surface area contributed by atoms with E-state index in [2.05, 4.69) is 49.2 Å². The first kappa shape index (κ1) is 17.3. The van der Waals surface area contributed by atoms with Gasteiger partial charge in [-0.3, -0.25) is 4.90 Å². The van der Waals surface area contributed by atoms with E-state index in [1.54, 1.807) is 7.11 Å². The third-order valence-corrected chi connectivity index (χ3v) is 4.37. The molecule has 1 aliphatic rings. The molecule has 2 rings (SSSR count). The Kier molecular flexibility index (Phi) is 6.71. The van der Waals surface area contributed by atoms with Crippen molar-refractivity contribution in [3.8, 4) is 5.75 Å². The summed E-state index contributed by atoms with van der Waals surface area (Å²) in [4.78, 5) is 2.57. The summed E-state index contributed by atoms with van der Waals surface area (Å²) in [5.41, 5.74) is 2.61. The molecule has 1 fully saturated rings. The Morgan fingerprint density at radius 1 is 1.36 bits per heavy atom. The zero-order valence-corrected chi connectivity index (χ0v) is 14.7. The molecule has 0 aromatic heterocycles. The van der Waals surface area contributed by atoms with Crippen LogP contribution in [-0.4, -0.2) is 31.6 Å². The Labute approximate surface area is 136 Å². The van der Waals surface area contributed by atoms with E-state index in [-0.39, 0.29) is 0 Å². The molecule has 0 spiro atoms. The van der Waals surface area contributed by atoms with Crippen molar-refractivity contribution in [3.63, 3.8) is 0 Å². The summed E-state index contributed by atoms with van der Waals surface area (Å²) in [6.07, 6.45) is 2.70. The summed E-state index contributed by atoms with van der Waals surface area (Å²) >= 11 is 0. The van der Waals surface area contributed by atoms with Crippen molar-refractivity contribution in [2.24, 2.45) is 11.8 Å². The van der Waals surface area contributed by atoms with Crippen molar-refractivity contribution in [1.82, 2.24) is 10.2 Å². The van der Waals surface area contributed by atoms with Crippen LogP contribution in [0.4, 0.5) is 0 Å². The van der Waals surface area contributed by atoms with Gasteiger partial charge in [-0.2, -0.15) is 0 Å². The van der Waals surface area contributed by atoms with Gasteiger partial charge < -0.3 is 10.1 Å². The number of nitrogens with zero attached hydrogens (tertiary/aromatic N) is 1. The summed E-state index contributed by atoms with van der Waals surface area (Å²) in [5, 5.41) is 3.49. The summed E-state index contributed by atoms with van der Waals surface area (Å²) in [6.45, 7) is 12.2. The molecule has 1 aliphatic heterocycles. The summed E-state index contributed by atoms with van der Waals surface area (Å²) in [6, 6.07) is 6.69. The van der Waals surface area contributed by atoms with Gasteiger partial charge in [0.2, 0.25) is 0 Å². The topological polar surface area (TPSA) is 24.5 Å². The van der Waals surface area contributed by atoms with E-state index in [4.69, 9.17) is 4.74 Å². The van der Waals surface area contributed by atoms with Crippen LogP contribution in [-0.2, 0) is 13.1 Å². The molecule has 0 saturated carbocycles. The van der Waals surface area contributed by atoms with E-state index in [0.29, 0.717) is 5.92 Å². The molecule has 0 radical (unpaired) electrons. The highest BCUT2D eigenvalue weighted by Crippen LogP contribution is 2.23. The van der Waals surface area contributed by atoms with Crippen molar-refractivity contribution in [3.05, 3.63) is 29.3 Å². The van der Waals surface area contributed by atoms with Gasteiger partial charge in [0.1, 0.15) is 5.75 Å². The van der Waals surface area contributed by atoms with Gasteiger partial charge in [0.05, 0.1) is 7.11 Å². The molecule has 3 nitrogen and oxygen atoms in total. The van der Waals surface area contributed by atoms with Gasteiger partial charge in [-0.05, 0) is 49.4 Å². The minimum absolute atomic E-state index is 0.673. The average molecular weight is 304 g/mol. The number of likely N-dealkylation sites (tertiary alicyclic amines) is 1. The van der Waals surface area contributed by atoms with Crippen LogP contribution in [0.3, 0.4) is 0 Å². The van der Waals surface area contributed by atoms with Gasteiger partial charge in [-0.25, -0.2) is 0 Å². The number of rotatable bonds is 7. The van der Waals surface area contributed by atoms with E-state index in [1.165, 1.54) is 37.1 Å². The lowest BCUT2D eigenvalue weighted by Gasteiger charge is -2.31. The fraction of sp³-hybridized carbons (Fsp3) is 0.684. The van der Waals surface area contributed by atoms with Gasteiger partial charge in [0.25, 0.3) is 0 Å². The lowest BCUT2D eigenvalue weighted by atomic mass is 9.99. The summed E-state index contributed by atoms with van der Waals surface area (Å²) in [7, 11) is 1.77. The van der Waals surface area contributed by atoms with Crippen molar-refractivity contribution in [1.29, 1.82) is 0 Å². The zero-order valence-electron chi connectivity index (χ0n) is 14.7. The first-order chi connectivity index (χ1) is 10.6. The van der Waals surface area contributed by atoms with Crippen LogP contribution in [0.15, 0.2) is 18.2 Å². The SMILES string of the molecule is COc1cc(CN2CCCC(C)C2)ccc1CNCC(C)C. The first-order valence-corrected chi connectivity index (χ1v) is 8.67. The normalized spacial score (nSPS) is 19.6. The summed E-state index contributed by atoms with van der Waals surface area (Å²) < 4.78 is 5.60. The maximum atomic E-state index is 5.60. The lowest BCUT2D eigenvalue weighted by molar-refractivity contribution is 0.176. The van der Waals surface area contributed by atoms with Gasteiger partial charge in [0, 0.05) is 25.2 Å². The number of hydrogen-bond acceptors (Lipinski definition) is 3. The van der Waals surface area contributed by atoms with Crippen LogP contribution in [0.25, 0.3) is 0 Å². The Hall–Kier alpha value is -1.06. The van der Waals surface area contributed by atoms with Crippen LogP contribution >= 0.6 is 0 Å². The number of piperidine rings is 1. The average Bonchev–Trinajstić information content (AvgIpc) is 2.48. The largest absolute Gasteiger partial charge is 0.496 e. The third-order valence-electron chi connectivity index (χ3n) is 4.37. The molecule has 1 atom stereocenters. The maximum absolute atomic E-state index is 5.60. The molecule has 1 saturated heterocycles. The maximum Gasteiger partial charge on any atom is 0.123 e. The lowest BCUT2D eigenvalue weighted by Crippen LogP contribution is -2.33. The van der Waals surface area contributed by atoms with Gasteiger partial charge >= 0.3 is 0 Å². The van der Waals surface area contributed by atoms with Crippen molar-refractivity contribution >= 4 is 0 Å². The molecule has 1 unspecified atom stereocenters. The molecule has 124 valence electrons. The van der Waals surface area contributed by atoms with E-state index in [1.807, 2.05) is 0 Å². The van der Waals surface area contributed by atoms with Crippen molar-refractivity contribution < 1.29 is 4.74 Å². The van der Waals surface area contributed by atoms with Gasteiger partial charge in [-0.1, -0.05) is 32.9 Å². The number of nitrogens with one attached hydrogen (secondary N) is 1. The van der Waals surface area contributed by atoms with Crippen LogP contribution < -0.4 is 10.1 Å². The standard InChI is InChI=1S/C19H32N2O/c1-15(2)11-20-12-18-8-7-17(10-19(18)22-4)14-21-9-5-6-16(3)13-21/h7-8,10,15-16,20H,5-6,9,11-14H2,1-4H3. The smallest absolute Gasteiger partial charge is 0.123 e. The molecular weight excluding hydrogens is 272 g/mol. The van der Waals surface area contributed by atoms with Crippen molar-refractivity contribution in [2.45, 2.75) is 46.7 Å². The fourth-order valence-corrected chi connectivity index (χ4v) is 3.22. The Bertz CT molecular complexity index is 459. The van der Waals surface area contributed by atoms with E-state index in [0.717, 1.165) is 31.3 Å². The Morgan fingerprint density at radius 3 is 2.86 bits per heavy atom. The molecule has 3 heteroatoms. The molecule has 1 heterocycles. The minimum Gasteiger partial charge on any atom is -0.496 e. The van der Waals surface area contributed by atoms with Gasteiger partial charge in [-0.15, -0.1) is 0 Å². The van der Waals surface area contributed by atoms with Crippen LogP contribution in [0.1, 0.15) is 44.7 Å². The minimum atomic E-state index is 0.673. The number of methoxy groups -OCH3 is 1. The fourth-order valence-electron chi connectivity index (χ4n) is 3.22. The first-order valence-electron chi connectivity index (χ1n) is 8.67. The molecular formula is C19H32N2O. The predicted molar refractivity (Wildman–Crippen MR) is 93.2 cm³/mol. The predicted octanol–water partition coefficient (Wildman–Crippen LogP) is 3.67. The molecule has 22 heavy (non-hydrogen) atoms. The highest BCUT2D eigenvalue weighted by atomic mass is 16.5. The molecule has 0 aliphatic carbocycles. The second-order valence-electron chi connectivity index (χ2n) is 7.15. The van der Waals surface area contributed by atoms with Crippen molar-refractivity contribution in [2.75, 3.05) is 26.7 Å². The Balaban J connectivity index is 1.95. The molecule has 1 N–H and O–H groups in total. The van der Waals surface area contributed by atoms with E-state index in [9.17, 15) is 0 Å². The zero-order chi connectivity index (χ0) is 15.9. The highest BCUT2D eigenvalue weighted by molar-refractivity contribution is 5.37. The molecule has 0 amide bonds. The molecule has 1 aromatic rings. The monoisotopic (exact) mass is 304 g/mol. The van der Waals surface area contributed by atoms with Gasteiger partial charge in [0.15, 0.2) is 0 Å². The number of ether oxygens (including phenoxy) is 1. The van der Waals surface area contributed by atoms with E-state index >= 15 is 0 Å². The third kappa shape index (κ3) is 5.29. The number of benzene rings is 1. The Morgan fingerprint density at radius 2 is 2.18 bits per heavy atom.